The zero-order valence-corrected chi connectivity index (χ0v) is 17.3. The fourth-order valence-electron chi connectivity index (χ4n) is 2.48. The lowest BCUT2D eigenvalue weighted by atomic mass is 9.97. The molecule has 0 atom stereocenters. The highest BCUT2D eigenvalue weighted by Crippen LogP contribution is 2.27. The molecule has 0 N–H and O–H groups in total. The SMILES string of the molecule is C=C(C)C(=O)Oc1ccc(-c2cc(=O)c3cc(OC(=O)C(C)(C)C)ccc3o2)cc1. The average molecular weight is 406 g/mol. The standard InChI is InChI=1S/C24H22O6/c1-14(2)22(26)28-16-8-6-15(7-9-16)21-13-19(25)18-12-17(10-11-20(18)30-21)29-23(27)24(3,4)5/h6-13H,1H2,2-5H3. The molecule has 0 bridgehead atoms. The van der Waals surface area contributed by atoms with Crippen molar-refractivity contribution in [2.45, 2.75) is 27.7 Å². The molecule has 0 aliphatic heterocycles. The molecule has 0 saturated heterocycles. The lowest BCUT2D eigenvalue weighted by Gasteiger charge is -2.16. The predicted molar refractivity (Wildman–Crippen MR) is 113 cm³/mol. The fraction of sp³-hybridized carbons (Fsp3) is 0.208. The second kappa shape index (κ2) is 7.99. The van der Waals surface area contributed by atoms with Gasteiger partial charge in [0.2, 0.25) is 0 Å². The largest absolute Gasteiger partial charge is 0.456 e. The van der Waals surface area contributed by atoms with E-state index < -0.39 is 17.4 Å². The van der Waals surface area contributed by atoms with E-state index in [1.807, 2.05) is 0 Å². The van der Waals surface area contributed by atoms with Crippen LogP contribution in [0.1, 0.15) is 27.7 Å². The molecule has 0 amide bonds. The molecule has 6 heteroatoms. The van der Waals surface area contributed by atoms with E-state index in [4.69, 9.17) is 13.9 Å². The number of hydrogen-bond donors (Lipinski definition) is 0. The Hall–Kier alpha value is -3.67. The Morgan fingerprint density at radius 1 is 0.933 bits per heavy atom. The normalized spacial score (nSPS) is 11.2. The van der Waals surface area contributed by atoms with Gasteiger partial charge in [0.25, 0.3) is 0 Å². The fourth-order valence-corrected chi connectivity index (χ4v) is 2.48. The third-order valence-corrected chi connectivity index (χ3v) is 4.22. The minimum atomic E-state index is -0.658. The molecule has 0 saturated carbocycles. The van der Waals surface area contributed by atoms with Crippen molar-refractivity contribution in [2.75, 3.05) is 0 Å². The van der Waals surface area contributed by atoms with E-state index in [-0.39, 0.29) is 11.2 Å². The minimum absolute atomic E-state index is 0.266. The van der Waals surface area contributed by atoms with Gasteiger partial charge in [0.05, 0.1) is 10.8 Å². The first-order valence-corrected chi connectivity index (χ1v) is 9.33. The van der Waals surface area contributed by atoms with Crippen molar-refractivity contribution >= 4 is 22.9 Å². The Morgan fingerprint density at radius 2 is 1.57 bits per heavy atom. The molecule has 0 spiro atoms. The molecule has 0 radical (unpaired) electrons. The lowest BCUT2D eigenvalue weighted by molar-refractivity contribution is -0.143. The summed E-state index contributed by atoms with van der Waals surface area (Å²) in [5.41, 5.74) is 0.386. The summed E-state index contributed by atoms with van der Waals surface area (Å²) in [4.78, 5) is 36.3. The summed E-state index contributed by atoms with van der Waals surface area (Å²) in [6.45, 7) is 10.4. The molecule has 2 aromatic carbocycles. The molecule has 30 heavy (non-hydrogen) atoms. The van der Waals surface area contributed by atoms with Crippen LogP contribution in [0.3, 0.4) is 0 Å². The van der Waals surface area contributed by atoms with Gasteiger partial charge < -0.3 is 13.9 Å². The minimum Gasteiger partial charge on any atom is -0.456 e. The van der Waals surface area contributed by atoms with E-state index in [1.54, 1.807) is 64.1 Å². The highest BCUT2D eigenvalue weighted by Gasteiger charge is 2.24. The molecule has 1 aromatic heterocycles. The zero-order valence-electron chi connectivity index (χ0n) is 17.3. The van der Waals surface area contributed by atoms with Crippen LogP contribution in [0, 0.1) is 5.41 Å². The van der Waals surface area contributed by atoms with Crippen molar-refractivity contribution in [1.29, 1.82) is 0 Å². The number of rotatable bonds is 4. The molecule has 0 fully saturated rings. The van der Waals surface area contributed by atoms with Crippen LogP contribution in [-0.2, 0) is 9.59 Å². The molecule has 154 valence electrons. The first-order chi connectivity index (χ1) is 14.0. The van der Waals surface area contributed by atoms with Gasteiger partial charge in [0, 0.05) is 17.2 Å². The summed E-state index contributed by atoms with van der Waals surface area (Å²) in [7, 11) is 0. The maximum atomic E-state index is 12.6. The van der Waals surface area contributed by atoms with Crippen LogP contribution in [0.5, 0.6) is 11.5 Å². The van der Waals surface area contributed by atoms with Crippen molar-refractivity contribution in [3.05, 3.63) is 70.9 Å². The molecular formula is C24H22O6. The van der Waals surface area contributed by atoms with E-state index in [0.717, 1.165) is 0 Å². The van der Waals surface area contributed by atoms with Gasteiger partial charge in [-0.3, -0.25) is 9.59 Å². The van der Waals surface area contributed by atoms with Gasteiger partial charge in [-0.25, -0.2) is 4.79 Å². The van der Waals surface area contributed by atoms with Crippen LogP contribution < -0.4 is 14.9 Å². The summed E-state index contributed by atoms with van der Waals surface area (Å²) >= 11 is 0. The van der Waals surface area contributed by atoms with E-state index in [9.17, 15) is 14.4 Å². The van der Waals surface area contributed by atoms with Crippen molar-refractivity contribution in [1.82, 2.24) is 0 Å². The van der Waals surface area contributed by atoms with E-state index >= 15 is 0 Å². The van der Waals surface area contributed by atoms with Crippen molar-refractivity contribution < 1.29 is 23.5 Å². The Balaban J connectivity index is 1.89. The highest BCUT2D eigenvalue weighted by atomic mass is 16.5. The highest BCUT2D eigenvalue weighted by molar-refractivity contribution is 5.89. The van der Waals surface area contributed by atoms with Gasteiger partial charge in [-0.05, 0) is 70.2 Å². The second-order valence-electron chi connectivity index (χ2n) is 7.97. The van der Waals surface area contributed by atoms with Gasteiger partial charge in [-0.15, -0.1) is 0 Å². The van der Waals surface area contributed by atoms with Crippen LogP contribution in [-0.4, -0.2) is 11.9 Å². The third kappa shape index (κ3) is 4.66. The number of esters is 2. The van der Waals surface area contributed by atoms with Crippen molar-refractivity contribution in [3.63, 3.8) is 0 Å². The topological polar surface area (TPSA) is 82.8 Å². The number of fused-ring (bicyclic) bond motifs is 1. The summed E-state index contributed by atoms with van der Waals surface area (Å²) in [5, 5.41) is 0.310. The number of carbonyl (C=O) groups excluding carboxylic acids is 2. The third-order valence-electron chi connectivity index (χ3n) is 4.22. The van der Waals surface area contributed by atoms with Crippen LogP contribution in [0.4, 0.5) is 0 Å². The Kier molecular flexibility index (Phi) is 5.60. The van der Waals surface area contributed by atoms with Crippen LogP contribution >= 0.6 is 0 Å². The summed E-state index contributed by atoms with van der Waals surface area (Å²) in [6, 6.07) is 12.6. The molecule has 0 aliphatic rings. The summed E-state index contributed by atoms with van der Waals surface area (Å²) < 4.78 is 16.4. The molecule has 6 nitrogen and oxygen atoms in total. The maximum absolute atomic E-state index is 12.6. The van der Waals surface area contributed by atoms with Gasteiger partial charge >= 0.3 is 11.9 Å². The Labute approximate surface area is 173 Å². The first-order valence-electron chi connectivity index (χ1n) is 9.33. The lowest BCUT2D eigenvalue weighted by Crippen LogP contribution is -2.25. The van der Waals surface area contributed by atoms with Gasteiger partial charge in [-0.2, -0.15) is 0 Å². The van der Waals surface area contributed by atoms with Crippen LogP contribution in [0.15, 0.2) is 69.9 Å². The van der Waals surface area contributed by atoms with Gasteiger partial charge in [0.1, 0.15) is 22.8 Å². The van der Waals surface area contributed by atoms with Gasteiger partial charge in [-0.1, -0.05) is 6.58 Å². The predicted octanol–water partition coefficient (Wildman–Crippen LogP) is 4.89. The monoisotopic (exact) mass is 406 g/mol. The number of benzene rings is 2. The molecule has 0 unspecified atom stereocenters. The average Bonchev–Trinajstić information content (AvgIpc) is 2.68. The van der Waals surface area contributed by atoms with Crippen molar-refractivity contribution in [3.8, 4) is 22.8 Å². The quantitative estimate of drug-likeness (QED) is 0.348. The van der Waals surface area contributed by atoms with E-state index in [1.165, 1.54) is 12.1 Å². The molecular weight excluding hydrogens is 384 g/mol. The molecule has 3 rings (SSSR count). The number of carbonyl (C=O) groups is 2. The molecule has 3 aromatic rings. The van der Waals surface area contributed by atoms with E-state index in [2.05, 4.69) is 6.58 Å². The Bertz CT molecular complexity index is 1190. The summed E-state index contributed by atoms with van der Waals surface area (Å²) in [5.74, 6) is 0.106. The first kappa shape index (κ1) is 21.0. The summed E-state index contributed by atoms with van der Waals surface area (Å²) in [6.07, 6.45) is 0. The molecule has 1 heterocycles. The maximum Gasteiger partial charge on any atom is 0.338 e. The molecule has 0 aliphatic carbocycles. The van der Waals surface area contributed by atoms with E-state index in [0.29, 0.717) is 33.6 Å². The number of ether oxygens (including phenoxy) is 2. The van der Waals surface area contributed by atoms with Crippen LogP contribution in [0.25, 0.3) is 22.3 Å². The second-order valence-corrected chi connectivity index (χ2v) is 7.97. The van der Waals surface area contributed by atoms with Gasteiger partial charge in [0.15, 0.2) is 5.43 Å². The zero-order chi connectivity index (χ0) is 22.1. The Morgan fingerprint density at radius 3 is 2.17 bits per heavy atom. The smallest absolute Gasteiger partial charge is 0.338 e. The van der Waals surface area contributed by atoms with Crippen LogP contribution in [0.2, 0.25) is 0 Å². The number of hydrogen-bond acceptors (Lipinski definition) is 6. The van der Waals surface area contributed by atoms with Crippen molar-refractivity contribution in [2.24, 2.45) is 5.41 Å².